The van der Waals surface area contributed by atoms with Gasteiger partial charge in [0.25, 0.3) is 0 Å². The van der Waals surface area contributed by atoms with E-state index in [4.69, 9.17) is 0 Å². The molecule has 0 aliphatic heterocycles. The minimum Gasteiger partial charge on any atom is -0.469 e. The Morgan fingerprint density at radius 3 is 2.50 bits per heavy atom. The van der Waals surface area contributed by atoms with Crippen LogP contribution in [0.25, 0.3) is 0 Å². The fourth-order valence-corrected chi connectivity index (χ4v) is 2.05. The molecule has 0 atom stereocenters. The minimum absolute atomic E-state index is 0.0362. The lowest BCUT2D eigenvalue weighted by Crippen LogP contribution is -2.29. The van der Waals surface area contributed by atoms with Crippen LogP contribution < -0.4 is 0 Å². The van der Waals surface area contributed by atoms with Gasteiger partial charge >= 0.3 is 5.97 Å². The van der Waals surface area contributed by atoms with Gasteiger partial charge in [0.05, 0.1) is 19.2 Å². The lowest BCUT2D eigenvalue weighted by Gasteiger charge is -2.17. The van der Waals surface area contributed by atoms with Crippen LogP contribution in [0.1, 0.15) is 29.8 Å². The van der Waals surface area contributed by atoms with Crippen LogP contribution >= 0.6 is 0 Å². The fraction of sp³-hybridized carbons (Fsp3) is 0.643. The summed E-state index contributed by atoms with van der Waals surface area (Å²) < 4.78 is 6.36. The van der Waals surface area contributed by atoms with Crippen LogP contribution in [0, 0.1) is 13.8 Å². The highest BCUT2D eigenvalue weighted by Gasteiger charge is 2.16. The zero-order chi connectivity index (χ0) is 15.3. The summed E-state index contributed by atoms with van der Waals surface area (Å²) in [6.07, 6.45) is 1.29. The summed E-state index contributed by atoms with van der Waals surface area (Å²) in [5.74, 6) is -0.209. The summed E-state index contributed by atoms with van der Waals surface area (Å²) in [5.41, 5.74) is 2.89. The van der Waals surface area contributed by atoms with Gasteiger partial charge in [0.15, 0.2) is 0 Å². The largest absolute Gasteiger partial charge is 0.469 e. The van der Waals surface area contributed by atoms with Crippen molar-refractivity contribution in [3.63, 3.8) is 0 Å². The molecular formula is C14H23N3O3. The number of methoxy groups -OCH3 is 1. The summed E-state index contributed by atoms with van der Waals surface area (Å²) >= 11 is 0. The number of hydrogen-bond donors (Lipinski definition) is 0. The summed E-state index contributed by atoms with van der Waals surface area (Å²) in [6, 6.07) is 0. The van der Waals surface area contributed by atoms with Crippen LogP contribution in [0.3, 0.4) is 0 Å². The smallest absolute Gasteiger partial charge is 0.305 e. The monoisotopic (exact) mass is 281 g/mol. The van der Waals surface area contributed by atoms with E-state index < -0.39 is 0 Å². The molecule has 0 bridgehead atoms. The quantitative estimate of drug-likeness (QED) is 0.729. The molecule has 1 amide bonds. The zero-order valence-electron chi connectivity index (χ0n) is 12.9. The van der Waals surface area contributed by atoms with Crippen molar-refractivity contribution >= 4 is 11.9 Å². The molecule has 20 heavy (non-hydrogen) atoms. The highest BCUT2D eigenvalue weighted by Crippen LogP contribution is 2.13. The third-order valence-corrected chi connectivity index (χ3v) is 3.51. The minimum atomic E-state index is -0.246. The number of rotatable bonds is 6. The van der Waals surface area contributed by atoms with Gasteiger partial charge in [-0.1, -0.05) is 0 Å². The maximum Gasteiger partial charge on any atom is 0.305 e. The molecule has 1 rings (SSSR count). The van der Waals surface area contributed by atoms with E-state index in [9.17, 15) is 9.59 Å². The molecule has 1 aromatic heterocycles. The fourth-order valence-electron chi connectivity index (χ4n) is 2.05. The topological polar surface area (TPSA) is 64.4 Å². The van der Waals surface area contributed by atoms with Crippen molar-refractivity contribution in [2.75, 3.05) is 20.7 Å². The molecule has 0 saturated carbocycles. The number of aryl methyl sites for hydroxylation is 2. The van der Waals surface area contributed by atoms with E-state index in [0.29, 0.717) is 25.8 Å². The second kappa shape index (κ2) is 7.07. The Morgan fingerprint density at radius 2 is 2.00 bits per heavy atom. The molecule has 112 valence electrons. The second-order valence-corrected chi connectivity index (χ2v) is 4.94. The van der Waals surface area contributed by atoms with Crippen LogP contribution in [0.2, 0.25) is 0 Å². The predicted molar refractivity (Wildman–Crippen MR) is 75.3 cm³/mol. The van der Waals surface area contributed by atoms with Crippen molar-refractivity contribution in [1.82, 2.24) is 14.7 Å². The van der Waals surface area contributed by atoms with Crippen LogP contribution in [0.15, 0.2) is 0 Å². The highest BCUT2D eigenvalue weighted by atomic mass is 16.5. The predicted octanol–water partition coefficient (Wildman–Crippen LogP) is 0.991. The van der Waals surface area contributed by atoms with Gasteiger partial charge in [-0.3, -0.25) is 14.3 Å². The average molecular weight is 281 g/mol. The first-order valence-corrected chi connectivity index (χ1v) is 6.66. The van der Waals surface area contributed by atoms with Gasteiger partial charge in [-0.2, -0.15) is 5.10 Å². The Morgan fingerprint density at radius 1 is 1.35 bits per heavy atom. The van der Waals surface area contributed by atoms with E-state index in [1.807, 2.05) is 20.9 Å². The van der Waals surface area contributed by atoms with Gasteiger partial charge < -0.3 is 9.64 Å². The lowest BCUT2D eigenvalue weighted by atomic mass is 10.1. The van der Waals surface area contributed by atoms with Crippen molar-refractivity contribution in [2.24, 2.45) is 7.05 Å². The van der Waals surface area contributed by atoms with Crippen molar-refractivity contribution in [3.05, 3.63) is 17.0 Å². The van der Waals surface area contributed by atoms with Gasteiger partial charge in [0.1, 0.15) is 0 Å². The van der Waals surface area contributed by atoms with E-state index >= 15 is 0 Å². The van der Waals surface area contributed by atoms with Crippen molar-refractivity contribution in [3.8, 4) is 0 Å². The molecular weight excluding hydrogens is 258 g/mol. The van der Waals surface area contributed by atoms with Gasteiger partial charge in [0.2, 0.25) is 5.91 Å². The standard InChI is InChI=1S/C14H23N3O3/c1-10-12(11(2)17(4)15-10)9-13(18)16(3)8-6-7-14(19)20-5/h6-9H2,1-5H3. The van der Waals surface area contributed by atoms with E-state index in [2.05, 4.69) is 9.84 Å². The van der Waals surface area contributed by atoms with Crippen LogP contribution in [0.5, 0.6) is 0 Å². The van der Waals surface area contributed by atoms with Gasteiger partial charge in [-0.15, -0.1) is 0 Å². The first-order valence-electron chi connectivity index (χ1n) is 6.66. The molecule has 6 nitrogen and oxygen atoms in total. The molecule has 0 N–H and O–H groups in total. The third-order valence-electron chi connectivity index (χ3n) is 3.51. The van der Waals surface area contributed by atoms with E-state index in [-0.39, 0.29) is 11.9 Å². The lowest BCUT2D eigenvalue weighted by molar-refractivity contribution is -0.141. The number of carbonyl (C=O) groups is 2. The number of esters is 1. The van der Waals surface area contributed by atoms with Crippen LogP contribution in [-0.4, -0.2) is 47.3 Å². The Kier molecular flexibility index (Phi) is 5.73. The van der Waals surface area contributed by atoms with Gasteiger partial charge in [-0.25, -0.2) is 0 Å². The Balaban J connectivity index is 2.51. The number of aromatic nitrogens is 2. The molecule has 1 aromatic rings. The average Bonchev–Trinajstić information content (AvgIpc) is 2.64. The normalized spacial score (nSPS) is 10.4. The molecule has 0 radical (unpaired) electrons. The van der Waals surface area contributed by atoms with Crippen molar-refractivity contribution in [2.45, 2.75) is 33.1 Å². The first kappa shape index (κ1) is 16.2. The maximum atomic E-state index is 12.1. The molecule has 0 aliphatic carbocycles. The van der Waals surface area contributed by atoms with Crippen molar-refractivity contribution < 1.29 is 14.3 Å². The molecule has 0 aromatic carbocycles. The zero-order valence-corrected chi connectivity index (χ0v) is 12.9. The van der Waals surface area contributed by atoms with Crippen LogP contribution in [0.4, 0.5) is 0 Å². The molecule has 1 heterocycles. The van der Waals surface area contributed by atoms with Gasteiger partial charge in [-0.05, 0) is 20.3 Å². The number of nitrogens with zero attached hydrogens (tertiary/aromatic N) is 3. The highest BCUT2D eigenvalue weighted by molar-refractivity contribution is 5.79. The molecule has 0 aliphatic rings. The number of ether oxygens (including phenoxy) is 1. The van der Waals surface area contributed by atoms with E-state index in [1.165, 1.54) is 7.11 Å². The molecule has 0 unspecified atom stereocenters. The summed E-state index contributed by atoms with van der Waals surface area (Å²) in [6.45, 7) is 4.42. The maximum absolute atomic E-state index is 12.1. The summed E-state index contributed by atoms with van der Waals surface area (Å²) in [4.78, 5) is 24.8. The number of hydrogen-bond acceptors (Lipinski definition) is 4. The van der Waals surface area contributed by atoms with E-state index in [1.54, 1.807) is 16.6 Å². The Labute approximate surface area is 119 Å². The Bertz CT molecular complexity index is 494. The first-order chi connectivity index (χ1) is 9.36. The number of carbonyl (C=O) groups excluding carboxylic acids is 2. The van der Waals surface area contributed by atoms with E-state index in [0.717, 1.165) is 17.0 Å². The summed E-state index contributed by atoms with van der Waals surface area (Å²) in [7, 11) is 4.99. The number of amides is 1. The molecule has 0 fully saturated rings. The SMILES string of the molecule is COC(=O)CCCN(C)C(=O)Cc1c(C)nn(C)c1C. The number of likely N-dealkylation sites (N-methyl/N-ethyl adjacent to an activating group) is 1. The summed E-state index contributed by atoms with van der Waals surface area (Å²) in [5, 5.41) is 4.30. The third kappa shape index (κ3) is 4.08. The van der Waals surface area contributed by atoms with Gasteiger partial charge in [0, 0.05) is 38.3 Å². The molecule has 6 heteroatoms. The molecule has 0 spiro atoms. The van der Waals surface area contributed by atoms with Crippen LogP contribution in [-0.2, 0) is 27.8 Å². The Hall–Kier alpha value is -1.85. The second-order valence-electron chi connectivity index (χ2n) is 4.94. The molecule has 0 saturated heterocycles. The van der Waals surface area contributed by atoms with Crippen molar-refractivity contribution in [1.29, 1.82) is 0 Å².